The molecule has 228 valence electrons. The van der Waals surface area contributed by atoms with E-state index < -0.39 is 79.1 Å². The zero-order valence-corrected chi connectivity index (χ0v) is 22.2. The molecule has 1 N–H and O–H groups in total. The smallest absolute Gasteiger partial charge is 0.435 e. The van der Waals surface area contributed by atoms with Gasteiger partial charge in [-0.15, -0.1) is 0 Å². The number of fused-ring (bicyclic) bond motifs is 1. The van der Waals surface area contributed by atoms with Crippen molar-refractivity contribution in [2.45, 2.75) is 46.9 Å². The number of hydrogen-bond donors (Lipinski definition) is 1. The number of carboxylic acids is 1. The maximum Gasteiger partial charge on any atom is 0.435 e. The first-order valence-corrected chi connectivity index (χ1v) is 14.3. The van der Waals surface area contributed by atoms with Gasteiger partial charge in [-0.25, -0.2) is 17.2 Å². The second-order valence-electron chi connectivity index (χ2n) is 11.1. The fourth-order valence-electron chi connectivity index (χ4n) is 6.58. The minimum atomic E-state index is -6.37. The van der Waals surface area contributed by atoms with E-state index in [4.69, 9.17) is 0 Å². The molecule has 3 aliphatic rings. The third kappa shape index (κ3) is 4.45. The van der Waals surface area contributed by atoms with Gasteiger partial charge in [0.05, 0.1) is 10.8 Å². The summed E-state index contributed by atoms with van der Waals surface area (Å²) in [6.45, 7) is -0.675. The lowest BCUT2D eigenvalue weighted by Gasteiger charge is -2.33. The first-order valence-electron chi connectivity index (χ1n) is 12.8. The second-order valence-corrected chi connectivity index (χ2v) is 13.3. The average Bonchev–Trinajstić information content (AvgIpc) is 3.22. The van der Waals surface area contributed by atoms with Gasteiger partial charge in [-0.2, -0.15) is 26.3 Å². The Morgan fingerprint density at radius 3 is 1.86 bits per heavy atom. The van der Waals surface area contributed by atoms with Crippen LogP contribution in [0.25, 0.3) is 0 Å². The summed E-state index contributed by atoms with van der Waals surface area (Å²) in [5.74, 6) is -3.65. The van der Waals surface area contributed by atoms with E-state index in [1.807, 2.05) is 0 Å². The van der Waals surface area contributed by atoms with Gasteiger partial charge in [-0.05, 0) is 60.9 Å². The molecule has 2 aromatic carbocycles. The van der Waals surface area contributed by atoms with Crippen LogP contribution in [0.15, 0.2) is 53.4 Å². The zero-order chi connectivity index (χ0) is 31.0. The molecule has 0 spiro atoms. The van der Waals surface area contributed by atoms with E-state index in [0.29, 0.717) is 12.1 Å². The van der Waals surface area contributed by atoms with E-state index in [1.165, 1.54) is 4.90 Å². The van der Waals surface area contributed by atoms with E-state index in [-0.39, 0.29) is 55.3 Å². The molecule has 0 aromatic heterocycles. The predicted octanol–water partition coefficient (Wildman–Crippen LogP) is 5.37. The third-order valence-electron chi connectivity index (χ3n) is 8.85. The Kier molecular flexibility index (Phi) is 6.94. The Labute approximate surface area is 234 Å². The van der Waals surface area contributed by atoms with Crippen LogP contribution in [0, 0.1) is 29.5 Å². The highest BCUT2D eigenvalue weighted by atomic mass is 32.2. The number of halogens is 8. The van der Waals surface area contributed by atoms with Crippen molar-refractivity contribution in [3.8, 4) is 0 Å². The molecular weight excluding hydrogens is 602 g/mol. The Hall–Kier alpha value is -3.23. The minimum absolute atomic E-state index is 0.145. The fourth-order valence-corrected chi connectivity index (χ4v) is 8.66. The number of carbonyl (C=O) groups excluding carboxylic acids is 1. The lowest BCUT2D eigenvalue weighted by Crippen LogP contribution is -2.50. The molecule has 1 amide bonds. The van der Waals surface area contributed by atoms with Crippen molar-refractivity contribution in [3.05, 3.63) is 65.5 Å². The summed E-state index contributed by atoms with van der Waals surface area (Å²) >= 11 is 0. The summed E-state index contributed by atoms with van der Waals surface area (Å²) in [7, 11) is -4.56. The van der Waals surface area contributed by atoms with Crippen LogP contribution in [0.1, 0.15) is 30.4 Å². The maximum absolute atomic E-state index is 14.6. The number of rotatable bonds is 6. The van der Waals surface area contributed by atoms with Crippen LogP contribution in [-0.2, 0) is 29.8 Å². The monoisotopic (exact) mass is 625 g/mol. The number of alkyl halides is 7. The van der Waals surface area contributed by atoms with Gasteiger partial charge >= 0.3 is 24.0 Å². The lowest BCUT2D eigenvalue weighted by atomic mass is 9.90. The van der Waals surface area contributed by atoms with Crippen molar-refractivity contribution >= 4 is 21.7 Å². The standard InChI is InChI=1S/C27H23F8NO5S/c28-17-5-7-18(8-6-17)42(40,41)24(15-1-3-16(4-2-15)25(29,26(30,31)32)27(33,34)35)9-10-36(13-24)22(37)14-11-19-20(12-14)21(19)23(38)39/h1-8,14,19-21H,9-13H2,(H,38,39)/t14?,19-,20?,21?,24-/m0/s1. The molecule has 1 heterocycles. The molecule has 3 unspecified atom stereocenters. The van der Waals surface area contributed by atoms with Gasteiger partial charge in [0, 0.05) is 24.6 Å². The number of hydrogen-bond acceptors (Lipinski definition) is 4. The molecule has 1 aliphatic heterocycles. The number of carboxylic acid groups (broad SMARTS) is 1. The van der Waals surface area contributed by atoms with Gasteiger partial charge in [0.25, 0.3) is 0 Å². The van der Waals surface area contributed by atoms with Crippen molar-refractivity contribution in [1.82, 2.24) is 4.90 Å². The number of amides is 1. The third-order valence-corrected chi connectivity index (χ3v) is 11.3. The highest BCUT2D eigenvalue weighted by molar-refractivity contribution is 7.92. The SMILES string of the molecule is O=C(O)C1C2CC(C(=O)N3CC[C@](c4ccc(C(F)(C(F)(F)F)C(F)(F)F)cc4)(S(=O)(=O)c4ccc(F)cc4)C3)C[C@@H]21. The van der Waals surface area contributed by atoms with Gasteiger partial charge in [0.2, 0.25) is 5.91 Å². The van der Waals surface area contributed by atoms with Crippen molar-refractivity contribution < 1.29 is 58.2 Å². The molecular formula is C27H23F8NO5S. The molecule has 1 saturated heterocycles. The first kappa shape index (κ1) is 30.2. The van der Waals surface area contributed by atoms with Gasteiger partial charge in [-0.3, -0.25) is 9.59 Å². The van der Waals surface area contributed by atoms with Crippen molar-refractivity contribution in [1.29, 1.82) is 0 Å². The topological polar surface area (TPSA) is 91.8 Å². The van der Waals surface area contributed by atoms with Gasteiger partial charge in [0.1, 0.15) is 10.6 Å². The van der Waals surface area contributed by atoms with Gasteiger partial charge in [-0.1, -0.05) is 24.3 Å². The summed E-state index contributed by atoms with van der Waals surface area (Å²) in [4.78, 5) is 25.5. The average molecular weight is 626 g/mol. The molecule has 15 heteroatoms. The predicted molar refractivity (Wildman–Crippen MR) is 129 cm³/mol. The van der Waals surface area contributed by atoms with Crippen LogP contribution < -0.4 is 0 Å². The van der Waals surface area contributed by atoms with E-state index in [0.717, 1.165) is 24.3 Å². The van der Waals surface area contributed by atoms with Gasteiger partial charge < -0.3 is 10.0 Å². The lowest BCUT2D eigenvalue weighted by molar-refractivity contribution is -0.348. The largest absolute Gasteiger partial charge is 0.481 e. The Balaban J connectivity index is 1.51. The van der Waals surface area contributed by atoms with Crippen LogP contribution in [0.2, 0.25) is 0 Å². The Morgan fingerprint density at radius 2 is 1.38 bits per heavy atom. The fraction of sp³-hybridized carbons (Fsp3) is 0.481. The number of carbonyl (C=O) groups is 2. The Morgan fingerprint density at radius 1 is 0.857 bits per heavy atom. The zero-order valence-electron chi connectivity index (χ0n) is 21.4. The summed E-state index contributed by atoms with van der Waals surface area (Å²) in [5, 5.41) is 9.23. The number of sulfone groups is 1. The van der Waals surface area contributed by atoms with E-state index in [9.17, 15) is 58.2 Å². The second kappa shape index (κ2) is 9.64. The molecule has 2 aliphatic carbocycles. The van der Waals surface area contributed by atoms with Crippen LogP contribution in [0.3, 0.4) is 0 Å². The molecule has 0 bridgehead atoms. The molecule has 5 rings (SSSR count). The summed E-state index contributed by atoms with van der Waals surface area (Å²) < 4.78 is 134. The quantitative estimate of drug-likeness (QED) is 0.344. The number of likely N-dealkylation sites (tertiary alicyclic amines) is 1. The first-order chi connectivity index (χ1) is 19.3. The van der Waals surface area contributed by atoms with E-state index >= 15 is 0 Å². The molecule has 2 saturated carbocycles. The molecule has 5 atom stereocenters. The van der Waals surface area contributed by atoms with E-state index in [1.54, 1.807) is 0 Å². The molecule has 2 aromatic rings. The number of aliphatic carboxylic acids is 1. The van der Waals surface area contributed by atoms with E-state index in [2.05, 4.69) is 0 Å². The summed E-state index contributed by atoms with van der Waals surface area (Å²) in [6, 6.07) is 5.38. The number of benzene rings is 2. The van der Waals surface area contributed by atoms with Crippen molar-refractivity contribution in [2.75, 3.05) is 13.1 Å². The minimum Gasteiger partial charge on any atom is -0.481 e. The maximum atomic E-state index is 14.6. The molecule has 3 fully saturated rings. The number of nitrogens with zero attached hydrogens (tertiary/aromatic N) is 1. The van der Waals surface area contributed by atoms with Crippen molar-refractivity contribution in [2.24, 2.45) is 23.7 Å². The van der Waals surface area contributed by atoms with Crippen LogP contribution >= 0.6 is 0 Å². The molecule has 42 heavy (non-hydrogen) atoms. The highest BCUT2D eigenvalue weighted by Gasteiger charge is 2.73. The van der Waals surface area contributed by atoms with Gasteiger partial charge in [0.15, 0.2) is 9.84 Å². The highest BCUT2D eigenvalue weighted by Crippen LogP contribution is 2.60. The van der Waals surface area contributed by atoms with Crippen LogP contribution in [0.4, 0.5) is 35.1 Å². The summed E-state index contributed by atoms with van der Waals surface area (Å²) in [5.41, 5.74) is -7.81. The summed E-state index contributed by atoms with van der Waals surface area (Å²) in [6.07, 6.45) is -12.5. The van der Waals surface area contributed by atoms with Crippen LogP contribution in [-0.4, -0.2) is 55.7 Å². The van der Waals surface area contributed by atoms with Crippen LogP contribution in [0.5, 0.6) is 0 Å². The molecule has 6 nitrogen and oxygen atoms in total. The van der Waals surface area contributed by atoms with Crippen molar-refractivity contribution in [3.63, 3.8) is 0 Å². The molecule has 0 radical (unpaired) electrons. The normalized spacial score (nSPS) is 28.0. The Bertz CT molecular complexity index is 1480.